The number of piperidine rings is 1. The van der Waals surface area contributed by atoms with Gasteiger partial charge in [-0.3, -0.25) is 9.59 Å². The minimum absolute atomic E-state index is 0.0165. The predicted octanol–water partition coefficient (Wildman–Crippen LogP) is 4.62. The first-order valence-corrected chi connectivity index (χ1v) is 14.7. The summed E-state index contributed by atoms with van der Waals surface area (Å²) in [6.07, 6.45) is 4.40. The molecule has 1 aromatic heterocycles. The minimum atomic E-state index is -3.53. The molecule has 0 spiro atoms. The van der Waals surface area contributed by atoms with Crippen molar-refractivity contribution in [1.82, 2.24) is 10.3 Å². The molecule has 0 bridgehead atoms. The maximum absolute atomic E-state index is 12.9. The maximum atomic E-state index is 12.9. The van der Waals surface area contributed by atoms with Gasteiger partial charge in [-0.05, 0) is 61.1 Å². The van der Waals surface area contributed by atoms with E-state index in [2.05, 4.69) is 15.6 Å². The van der Waals surface area contributed by atoms with Crippen molar-refractivity contribution in [3.05, 3.63) is 82.5 Å². The van der Waals surface area contributed by atoms with Gasteiger partial charge in [-0.25, -0.2) is 13.4 Å². The van der Waals surface area contributed by atoms with Gasteiger partial charge in [-0.1, -0.05) is 41.9 Å². The fraction of sp³-hybridized carbons (Fsp3) is 0.321. The van der Waals surface area contributed by atoms with Gasteiger partial charge in [-0.2, -0.15) is 0 Å². The summed E-state index contributed by atoms with van der Waals surface area (Å²) in [4.78, 5) is 31.9. The van der Waals surface area contributed by atoms with E-state index in [0.29, 0.717) is 48.1 Å². The van der Waals surface area contributed by atoms with Crippen molar-refractivity contribution >= 4 is 44.8 Å². The molecular formula is C28H31ClN4O4S. The molecule has 1 saturated heterocycles. The molecule has 2 amide bonds. The lowest BCUT2D eigenvalue weighted by Gasteiger charge is -2.33. The number of hydrogen-bond donors (Lipinski definition) is 2. The number of amides is 2. The summed E-state index contributed by atoms with van der Waals surface area (Å²) < 4.78 is 24.3. The van der Waals surface area contributed by atoms with Gasteiger partial charge in [-0.15, -0.1) is 0 Å². The average molecular weight is 555 g/mol. The average Bonchev–Trinajstić information content (AvgIpc) is 2.88. The summed E-state index contributed by atoms with van der Waals surface area (Å²) in [5, 5.41) is 6.26. The van der Waals surface area contributed by atoms with Crippen LogP contribution in [0.15, 0.2) is 65.7 Å². The number of pyridine rings is 1. The molecule has 2 aromatic carbocycles. The van der Waals surface area contributed by atoms with Gasteiger partial charge in [0.2, 0.25) is 5.91 Å². The Kier molecular flexibility index (Phi) is 8.69. The fourth-order valence-corrected chi connectivity index (χ4v) is 5.26. The van der Waals surface area contributed by atoms with Gasteiger partial charge in [0.05, 0.1) is 10.6 Å². The van der Waals surface area contributed by atoms with Crippen LogP contribution in [-0.4, -0.2) is 44.6 Å². The zero-order chi connectivity index (χ0) is 27.3. The lowest BCUT2D eigenvalue weighted by molar-refractivity contribution is -0.122. The molecule has 4 rings (SSSR count). The Morgan fingerprint density at radius 1 is 1.08 bits per heavy atom. The van der Waals surface area contributed by atoms with E-state index in [1.165, 1.54) is 12.3 Å². The Hall–Kier alpha value is -3.43. The first-order valence-electron chi connectivity index (χ1n) is 12.4. The summed E-state index contributed by atoms with van der Waals surface area (Å²) in [7, 11) is -3.53. The van der Waals surface area contributed by atoms with Crippen LogP contribution in [0, 0.1) is 12.8 Å². The number of aryl methyl sites for hydroxylation is 1. The Bertz CT molecular complexity index is 1440. The normalized spacial score (nSPS) is 14.2. The van der Waals surface area contributed by atoms with Crippen LogP contribution in [-0.2, 0) is 21.2 Å². The number of nitrogens with zero attached hydrogens (tertiary/aromatic N) is 2. The topological polar surface area (TPSA) is 108 Å². The van der Waals surface area contributed by atoms with Crippen LogP contribution >= 0.6 is 11.6 Å². The zero-order valence-electron chi connectivity index (χ0n) is 21.4. The van der Waals surface area contributed by atoms with Crippen molar-refractivity contribution in [1.29, 1.82) is 0 Å². The molecule has 1 fully saturated rings. The highest BCUT2D eigenvalue weighted by molar-refractivity contribution is 7.90. The number of anilines is 2. The molecule has 8 nitrogen and oxygen atoms in total. The van der Waals surface area contributed by atoms with Gasteiger partial charge >= 0.3 is 0 Å². The van der Waals surface area contributed by atoms with Crippen LogP contribution in [0.25, 0.3) is 0 Å². The number of aromatic nitrogens is 1. The van der Waals surface area contributed by atoms with Crippen molar-refractivity contribution in [2.75, 3.05) is 29.6 Å². The van der Waals surface area contributed by atoms with Gasteiger partial charge in [0, 0.05) is 49.1 Å². The third-order valence-corrected chi connectivity index (χ3v) is 8.04. The number of halogens is 1. The van der Waals surface area contributed by atoms with Gasteiger partial charge < -0.3 is 15.5 Å². The van der Waals surface area contributed by atoms with E-state index in [4.69, 9.17) is 11.6 Å². The van der Waals surface area contributed by atoms with Crippen molar-refractivity contribution in [3.63, 3.8) is 0 Å². The van der Waals surface area contributed by atoms with E-state index < -0.39 is 15.7 Å². The standard InChI is InChI=1S/C28H31ClN4O4S/c1-19-6-3-4-7-22(19)17-30-26(34)14-20-10-12-33(13-11-20)27-25(16-24(18-31-27)38(2,36)37)32-28(35)21-8-5-9-23(29)15-21/h3-9,15-16,18,20H,10-14,17H2,1-2H3,(H,30,34)(H,32,35). The highest BCUT2D eigenvalue weighted by Gasteiger charge is 2.25. The minimum Gasteiger partial charge on any atom is -0.355 e. The molecule has 1 aliphatic rings. The first kappa shape index (κ1) is 27.6. The van der Waals surface area contributed by atoms with Crippen molar-refractivity contribution in [2.45, 2.75) is 37.6 Å². The van der Waals surface area contributed by atoms with Gasteiger partial charge in [0.25, 0.3) is 5.91 Å². The van der Waals surface area contributed by atoms with Crippen LogP contribution in [0.3, 0.4) is 0 Å². The molecule has 2 N–H and O–H groups in total. The Balaban J connectivity index is 1.42. The number of carbonyl (C=O) groups excluding carboxylic acids is 2. The molecule has 2 heterocycles. The van der Waals surface area contributed by atoms with E-state index >= 15 is 0 Å². The van der Waals surface area contributed by atoms with Crippen molar-refractivity contribution in [3.8, 4) is 0 Å². The lowest BCUT2D eigenvalue weighted by Crippen LogP contribution is -2.37. The molecule has 38 heavy (non-hydrogen) atoms. The molecule has 0 aliphatic carbocycles. The quantitative estimate of drug-likeness (QED) is 0.420. The molecule has 0 atom stereocenters. The predicted molar refractivity (Wildman–Crippen MR) is 149 cm³/mol. The summed E-state index contributed by atoms with van der Waals surface area (Å²) in [6.45, 7) is 3.79. The summed E-state index contributed by atoms with van der Waals surface area (Å²) >= 11 is 6.03. The van der Waals surface area contributed by atoms with Crippen LogP contribution in [0.5, 0.6) is 0 Å². The van der Waals surface area contributed by atoms with E-state index in [-0.39, 0.29) is 16.7 Å². The molecular weight excluding hydrogens is 524 g/mol. The highest BCUT2D eigenvalue weighted by Crippen LogP contribution is 2.31. The molecule has 3 aromatic rings. The second-order valence-corrected chi connectivity index (χ2v) is 12.1. The second-order valence-electron chi connectivity index (χ2n) is 9.62. The van der Waals surface area contributed by atoms with Crippen LogP contribution < -0.4 is 15.5 Å². The smallest absolute Gasteiger partial charge is 0.255 e. The molecule has 0 radical (unpaired) electrons. The SMILES string of the molecule is Cc1ccccc1CNC(=O)CC1CCN(c2ncc(S(C)(=O)=O)cc2NC(=O)c2cccc(Cl)c2)CC1. The maximum Gasteiger partial charge on any atom is 0.255 e. The summed E-state index contributed by atoms with van der Waals surface area (Å²) in [5.74, 6) is 0.330. The Labute approximate surface area is 228 Å². The van der Waals surface area contributed by atoms with E-state index in [1.807, 2.05) is 36.1 Å². The highest BCUT2D eigenvalue weighted by atomic mass is 35.5. The van der Waals surface area contributed by atoms with Crippen LogP contribution in [0.2, 0.25) is 5.02 Å². The number of benzene rings is 2. The Morgan fingerprint density at radius 3 is 2.50 bits per heavy atom. The van der Waals surface area contributed by atoms with Crippen molar-refractivity contribution in [2.24, 2.45) is 5.92 Å². The summed E-state index contributed by atoms with van der Waals surface area (Å²) in [5.41, 5.74) is 2.91. The number of nitrogens with one attached hydrogen (secondary N) is 2. The number of sulfone groups is 1. The van der Waals surface area contributed by atoms with Gasteiger partial charge in [0.1, 0.15) is 0 Å². The van der Waals surface area contributed by atoms with E-state index in [0.717, 1.165) is 30.2 Å². The molecule has 200 valence electrons. The van der Waals surface area contributed by atoms with Crippen LogP contribution in [0.1, 0.15) is 40.7 Å². The molecule has 0 saturated carbocycles. The monoisotopic (exact) mass is 554 g/mol. The third kappa shape index (κ3) is 7.11. The third-order valence-electron chi connectivity index (χ3n) is 6.73. The van der Waals surface area contributed by atoms with Gasteiger partial charge in [0.15, 0.2) is 15.7 Å². The van der Waals surface area contributed by atoms with E-state index in [9.17, 15) is 18.0 Å². The largest absolute Gasteiger partial charge is 0.355 e. The summed E-state index contributed by atoms with van der Waals surface area (Å²) in [6, 6.07) is 15.9. The molecule has 1 aliphatic heterocycles. The fourth-order valence-electron chi connectivity index (χ4n) is 4.49. The van der Waals surface area contributed by atoms with Crippen LogP contribution in [0.4, 0.5) is 11.5 Å². The van der Waals surface area contributed by atoms with Crippen molar-refractivity contribution < 1.29 is 18.0 Å². The second kappa shape index (κ2) is 12.0. The number of rotatable bonds is 8. The molecule has 10 heteroatoms. The number of carbonyl (C=O) groups is 2. The number of hydrogen-bond acceptors (Lipinski definition) is 6. The Morgan fingerprint density at radius 2 is 1.82 bits per heavy atom. The lowest BCUT2D eigenvalue weighted by atomic mass is 9.93. The first-order chi connectivity index (χ1) is 18.1. The molecule has 0 unspecified atom stereocenters. The zero-order valence-corrected chi connectivity index (χ0v) is 23.0. The van der Waals surface area contributed by atoms with E-state index in [1.54, 1.807) is 24.3 Å².